The molecule has 0 saturated heterocycles. The first-order valence-electron chi connectivity index (χ1n) is 7.71. The molecule has 0 aromatic carbocycles. The molecule has 0 aliphatic carbocycles. The summed E-state index contributed by atoms with van der Waals surface area (Å²) < 4.78 is 1.65. The van der Waals surface area contributed by atoms with Crippen LogP contribution in [0.1, 0.15) is 26.7 Å². The maximum Gasteiger partial charge on any atom is 0.227 e. The minimum atomic E-state index is 0.0729. The number of amides is 1. The molecule has 2 aromatic rings. The molecule has 1 amide bonds. The van der Waals surface area contributed by atoms with Crippen LogP contribution in [0.2, 0.25) is 5.15 Å². The average Bonchev–Trinajstić information content (AvgIpc) is 2.95. The van der Waals surface area contributed by atoms with Crippen LogP contribution in [-0.4, -0.2) is 38.7 Å². The molecule has 2 aromatic heterocycles. The van der Waals surface area contributed by atoms with Crippen molar-refractivity contribution in [1.29, 1.82) is 0 Å². The lowest BCUT2D eigenvalue weighted by molar-refractivity contribution is -0.118. The van der Waals surface area contributed by atoms with Crippen molar-refractivity contribution in [1.82, 2.24) is 14.8 Å². The Morgan fingerprint density at radius 3 is 2.87 bits per heavy atom. The van der Waals surface area contributed by atoms with E-state index in [1.807, 2.05) is 19.1 Å². The Labute approximate surface area is 146 Å². The third-order valence-corrected chi connectivity index (χ3v) is 4.74. The van der Waals surface area contributed by atoms with Gasteiger partial charge in [-0.2, -0.15) is 16.9 Å². The summed E-state index contributed by atoms with van der Waals surface area (Å²) in [6.45, 7) is 4.64. The lowest BCUT2D eigenvalue weighted by atomic mass is 10.3. The summed E-state index contributed by atoms with van der Waals surface area (Å²) in [5.74, 6) is 1.99. The van der Waals surface area contributed by atoms with Gasteiger partial charge in [0.1, 0.15) is 5.69 Å². The number of aromatic nitrogens is 3. The monoisotopic (exact) mass is 352 g/mol. The van der Waals surface area contributed by atoms with E-state index in [4.69, 9.17) is 11.6 Å². The van der Waals surface area contributed by atoms with Crippen molar-refractivity contribution in [3.8, 4) is 5.69 Å². The molecule has 0 N–H and O–H groups in total. The van der Waals surface area contributed by atoms with Gasteiger partial charge in [-0.05, 0) is 31.2 Å². The van der Waals surface area contributed by atoms with E-state index in [2.05, 4.69) is 17.0 Å². The van der Waals surface area contributed by atoms with Crippen LogP contribution in [0.3, 0.4) is 0 Å². The second kappa shape index (κ2) is 8.93. The van der Waals surface area contributed by atoms with E-state index in [1.165, 1.54) is 0 Å². The highest BCUT2D eigenvalue weighted by Gasteiger charge is 2.19. The predicted octanol–water partition coefficient (Wildman–Crippen LogP) is 3.81. The summed E-state index contributed by atoms with van der Waals surface area (Å²) in [6, 6.07) is 3.72. The molecule has 124 valence electrons. The smallest absolute Gasteiger partial charge is 0.227 e. The van der Waals surface area contributed by atoms with E-state index in [9.17, 15) is 4.79 Å². The Hall–Kier alpha value is -1.53. The number of nitrogens with zero attached hydrogens (tertiary/aromatic N) is 4. The van der Waals surface area contributed by atoms with Crippen LogP contribution in [0.5, 0.6) is 0 Å². The van der Waals surface area contributed by atoms with Crippen LogP contribution in [-0.2, 0) is 4.79 Å². The Morgan fingerprint density at radius 2 is 2.22 bits per heavy atom. The number of carbonyl (C=O) groups excluding carboxylic acids is 1. The Balaban J connectivity index is 2.12. The molecule has 5 nitrogen and oxygen atoms in total. The number of hydrogen-bond acceptors (Lipinski definition) is 4. The van der Waals surface area contributed by atoms with Crippen molar-refractivity contribution in [2.45, 2.75) is 26.7 Å². The summed E-state index contributed by atoms with van der Waals surface area (Å²) in [4.78, 5) is 18.2. The molecular formula is C16H21ClN4OS. The molecule has 0 fully saturated rings. The molecule has 23 heavy (non-hydrogen) atoms. The largest absolute Gasteiger partial charge is 0.308 e. The molecule has 0 unspecified atom stereocenters. The van der Waals surface area contributed by atoms with E-state index in [0.29, 0.717) is 23.8 Å². The van der Waals surface area contributed by atoms with E-state index < -0.39 is 0 Å². The fourth-order valence-electron chi connectivity index (χ4n) is 2.17. The number of rotatable bonds is 8. The summed E-state index contributed by atoms with van der Waals surface area (Å²) in [6.07, 6.45) is 6.81. The number of halogens is 1. The van der Waals surface area contributed by atoms with Crippen LogP contribution < -0.4 is 4.90 Å². The maximum atomic E-state index is 12.4. The summed E-state index contributed by atoms with van der Waals surface area (Å²) in [5, 5.41) is 4.61. The van der Waals surface area contributed by atoms with Crippen LogP contribution in [0.4, 0.5) is 5.69 Å². The quantitative estimate of drug-likeness (QED) is 0.678. The third-order valence-electron chi connectivity index (χ3n) is 3.28. The zero-order chi connectivity index (χ0) is 16.7. The van der Waals surface area contributed by atoms with Crippen molar-refractivity contribution in [3.05, 3.63) is 35.9 Å². The van der Waals surface area contributed by atoms with Gasteiger partial charge < -0.3 is 4.90 Å². The number of carbonyl (C=O) groups is 1. The molecule has 0 radical (unpaired) electrons. The number of pyridine rings is 1. The molecule has 7 heteroatoms. The first kappa shape index (κ1) is 17.8. The Kier molecular flexibility index (Phi) is 6.92. The second-order valence-corrected chi connectivity index (χ2v) is 6.54. The number of anilines is 1. The fourth-order valence-corrected chi connectivity index (χ4v) is 3.21. The van der Waals surface area contributed by atoms with Crippen molar-refractivity contribution in [2.24, 2.45) is 0 Å². The van der Waals surface area contributed by atoms with Gasteiger partial charge in [0.05, 0.1) is 18.1 Å². The zero-order valence-corrected chi connectivity index (χ0v) is 15.0. The topological polar surface area (TPSA) is 51.0 Å². The van der Waals surface area contributed by atoms with Gasteiger partial charge in [-0.25, -0.2) is 4.68 Å². The standard InChI is InChI=1S/C16H21ClN4OS/c1-3-9-23-10-7-15(22)20(4-2)14-12-21(19-16(14)17)13-6-5-8-18-11-13/h5-6,8,11-12H,3-4,7,9-10H2,1-2H3. The minimum absolute atomic E-state index is 0.0729. The third kappa shape index (κ3) is 4.72. The van der Waals surface area contributed by atoms with E-state index in [-0.39, 0.29) is 5.91 Å². The van der Waals surface area contributed by atoms with Gasteiger partial charge in [0.2, 0.25) is 5.91 Å². The van der Waals surface area contributed by atoms with E-state index >= 15 is 0 Å². The Bertz CT molecular complexity index is 632. The van der Waals surface area contributed by atoms with Gasteiger partial charge in [0, 0.05) is 24.9 Å². The molecule has 0 saturated carbocycles. The van der Waals surface area contributed by atoms with Crippen LogP contribution >= 0.6 is 23.4 Å². The lowest BCUT2D eigenvalue weighted by Crippen LogP contribution is -2.30. The molecule has 0 bridgehead atoms. The predicted molar refractivity (Wildman–Crippen MR) is 96.6 cm³/mol. The highest BCUT2D eigenvalue weighted by Crippen LogP contribution is 2.26. The maximum absolute atomic E-state index is 12.4. The van der Waals surface area contributed by atoms with Gasteiger partial charge in [-0.15, -0.1) is 0 Å². The Morgan fingerprint density at radius 1 is 1.39 bits per heavy atom. The van der Waals surface area contributed by atoms with Gasteiger partial charge in [0.25, 0.3) is 0 Å². The van der Waals surface area contributed by atoms with Crippen LogP contribution in [0.15, 0.2) is 30.7 Å². The molecule has 0 aliphatic rings. The summed E-state index contributed by atoms with van der Waals surface area (Å²) in [5.41, 5.74) is 1.45. The van der Waals surface area contributed by atoms with Gasteiger partial charge in [-0.3, -0.25) is 9.78 Å². The van der Waals surface area contributed by atoms with Crippen LogP contribution in [0.25, 0.3) is 5.69 Å². The normalized spacial score (nSPS) is 10.7. The highest BCUT2D eigenvalue weighted by atomic mass is 35.5. The zero-order valence-electron chi connectivity index (χ0n) is 13.4. The number of hydrogen-bond donors (Lipinski definition) is 0. The van der Waals surface area contributed by atoms with Crippen molar-refractivity contribution in [3.63, 3.8) is 0 Å². The average molecular weight is 353 g/mol. The second-order valence-electron chi connectivity index (χ2n) is 4.96. The molecule has 0 atom stereocenters. The van der Waals surface area contributed by atoms with E-state index in [0.717, 1.165) is 23.6 Å². The summed E-state index contributed by atoms with van der Waals surface area (Å²) in [7, 11) is 0. The molecule has 0 aliphatic heterocycles. The number of thioether (sulfide) groups is 1. The summed E-state index contributed by atoms with van der Waals surface area (Å²) >= 11 is 8.05. The molecule has 2 heterocycles. The van der Waals surface area contributed by atoms with Crippen molar-refractivity contribution < 1.29 is 4.79 Å². The molecular weight excluding hydrogens is 332 g/mol. The molecule has 0 spiro atoms. The first-order valence-corrected chi connectivity index (χ1v) is 9.24. The lowest BCUT2D eigenvalue weighted by Gasteiger charge is -2.19. The fraction of sp³-hybridized carbons (Fsp3) is 0.438. The minimum Gasteiger partial charge on any atom is -0.308 e. The molecule has 2 rings (SSSR count). The van der Waals surface area contributed by atoms with Crippen LogP contribution in [0, 0.1) is 0 Å². The first-order chi connectivity index (χ1) is 11.2. The van der Waals surface area contributed by atoms with Gasteiger partial charge in [-0.1, -0.05) is 18.5 Å². The van der Waals surface area contributed by atoms with E-state index in [1.54, 1.807) is 39.9 Å². The van der Waals surface area contributed by atoms with Gasteiger partial charge >= 0.3 is 0 Å². The highest BCUT2D eigenvalue weighted by molar-refractivity contribution is 7.99. The van der Waals surface area contributed by atoms with Crippen molar-refractivity contribution >= 4 is 35.0 Å². The van der Waals surface area contributed by atoms with Gasteiger partial charge in [0.15, 0.2) is 5.15 Å². The SMILES string of the molecule is CCCSCCC(=O)N(CC)c1cn(-c2cccnc2)nc1Cl. The van der Waals surface area contributed by atoms with Crippen molar-refractivity contribution in [2.75, 3.05) is 23.0 Å².